The molecule has 0 bridgehead atoms. The first-order valence-corrected chi connectivity index (χ1v) is 10.3. The molecule has 0 radical (unpaired) electrons. The molecule has 3 aromatic carbocycles. The molecule has 1 saturated heterocycles. The fraction of sp³-hybridized carbons (Fsp3) is 0.240. The molecule has 0 saturated carbocycles. The van der Waals surface area contributed by atoms with Gasteiger partial charge < -0.3 is 19.0 Å². The summed E-state index contributed by atoms with van der Waals surface area (Å²) in [5.74, 6) is 1.01. The molecule has 152 valence electrons. The summed E-state index contributed by atoms with van der Waals surface area (Å²) < 4.78 is 11.2. The number of carbonyl (C=O) groups is 1. The lowest BCUT2D eigenvalue weighted by molar-refractivity contribution is -0.130. The van der Waals surface area contributed by atoms with Crippen molar-refractivity contribution in [2.75, 3.05) is 38.2 Å². The number of benzene rings is 3. The number of amides is 1. The van der Waals surface area contributed by atoms with Crippen LogP contribution in [0.1, 0.15) is 5.56 Å². The summed E-state index contributed by atoms with van der Waals surface area (Å²) in [4.78, 5) is 17.3. The van der Waals surface area contributed by atoms with Crippen LogP contribution < -0.4 is 9.64 Å². The number of furan rings is 1. The van der Waals surface area contributed by atoms with Crippen LogP contribution in [0, 0.1) is 0 Å². The highest BCUT2D eigenvalue weighted by Crippen LogP contribution is 2.31. The van der Waals surface area contributed by atoms with Crippen molar-refractivity contribution in [1.29, 1.82) is 0 Å². The first-order chi connectivity index (χ1) is 14.7. The molecule has 5 nitrogen and oxygen atoms in total. The number of ether oxygens (including phenoxy) is 1. The number of methoxy groups -OCH3 is 1. The molecule has 0 spiro atoms. The van der Waals surface area contributed by atoms with E-state index in [9.17, 15) is 4.79 Å². The summed E-state index contributed by atoms with van der Waals surface area (Å²) in [6, 6.07) is 20.3. The highest BCUT2D eigenvalue weighted by Gasteiger charge is 2.24. The second-order valence-electron chi connectivity index (χ2n) is 7.64. The van der Waals surface area contributed by atoms with Gasteiger partial charge in [-0.25, -0.2) is 0 Å². The SMILES string of the molecule is COc1ccccc1N1CCN(C(=O)Cc2coc3ccc4ccccc4c23)CC1. The number of hydrogen-bond donors (Lipinski definition) is 0. The van der Waals surface area contributed by atoms with E-state index in [2.05, 4.69) is 29.2 Å². The largest absolute Gasteiger partial charge is 0.495 e. The Bertz CT molecular complexity index is 1210. The number of para-hydroxylation sites is 2. The van der Waals surface area contributed by atoms with E-state index in [1.54, 1.807) is 13.4 Å². The number of fused-ring (bicyclic) bond motifs is 3. The highest BCUT2D eigenvalue weighted by molar-refractivity contribution is 6.08. The quantitative estimate of drug-likeness (QED) is 0.507. The predicted octanol–water partition coefficient (Wildman–Crippen LogP) is 4.49. The van der Waals surface area contributed by atoms with Crippen molar-refractivity contribution in [3.05, 3.63) is 72.5 Å². The van der Waals surface area contributed by atoms with Gasteiger partial charge in [0.15, 0.2) is 0 Å². The van der Waals surface area contributed by atoms with Crippen LogP contribution in [0.5, 0.6) is 5.75 Å². The Morgan fingerprint density at radius 2 is 1.73 bits per heavy atom. The third kappa shape index (κ3) is 3.26. The van der Waals surface area contributed by atoms with E-state index in [0.29, 0.717) is 19.5 Å². The van der Waals surface area contributed by atoms with Gasteiger partial charge in [0.2, 0.25) is 5.91 Å². The monoisotopic (exact) mass is 400 g/mol. The zero-order valence-corrected chi connectivity index (χ0v) is 17.0. The summed E-state index contributed by atoms with van der Waals surface area (Å²) in [6.45, 7) is 2.99. The molecular weight excluding hydrogens is 376 g/mol. The van der Waals surface area contributed by atoms with Crippen LogP contribution in [0.15, 0.2) is 71.3 Å². The molecule has 0 aliphatic carbocycles. The van der Waals surface area contributed by atoms with Gasteiger partial charge in [-0.1, -0.05) is 42.5 Å². The molecule has 2 heterocycles. The molecule has 5 rings (SSSR count). The molecule has 4 aromatic rings. The fourth-order valence-electron chi connectivity index (χ4n) is 4.37. The van der Waals surface area contributed by atoms with Gasteiger partial charge in [0.05, 0.1) is 25.5 Å². The first-order valence-electron chi connectivity index (χ1n) is 10.3. The third-order valence-electron chi connectivity index (χ3n) is 5.94. The van der Waals surface area contributed by atoms with Crippen molar-refractivity contribution in [2.24, 2.45) is 0 Å². The summed E-state index contributed by atoms with van der Waals surface area (Å²) in [5.41, 5.74) is 2.87. The van der Waals surface area contributed by atoms with Gasteiger partial charge in [0, 0.05) is 37.1 Å². The Morgan fingerprint density at radius 3 is 2.57 bits per heavy atom. The van der Waals surface area contributed by atoms with Crippen LogP contribution in [-0.4, -0.2) is 44.1 Å². The van der Waals surface area contributed by atoms with Crippen molar-refractivity contribution in [3.63, 3.8) is 0 Å². The first kappa shape index (κ1) is 18.6. The van der Waals surface area contributed by atoms with Crippen LogP contribution >= 0.6 is 0 Å². The minimum absolute atomic E-state index is 0.144. The van der Waals surface area contributed by atoms with E-state index in [-0.39, 0.29) is 5.91 Å². The molecule has 1 aliphatic heterocycles. The average Bonchev–Trinajstić information content (AvgIpc) is 3.22. The van der Waals surface area contributed by atoms with Gasteiger partial charge in [-0.2, -0.15) is 0 Å². The smallest absolute Gasteiger partial charge is 0.227 e. The summed E-state index contributed by atoms with van der Waals surface area (Å²) in [7, 11) is 1.69. The number of rotatable bonds is 4. The molecular formula is C25H24N2O3. The predicted molar refractivity (Wildman–Crippen MR) is 119 cm³/mol. The zero-order chi connectivity index (χ0) is 20.5. The molecule has 0 atom stereocenters. The maximum atomic E-state index is 13.1. The zero-order valence-electron chi connectivity index (χ0n) is 17.0. The summed E-state index contributed by atoms with van der Waals surface area (Å²) in [6.07, 6.45) is 2.09. The van der Waals surface area contributed by atoms with E-state index in [1.165, 1.54) is 0 Å². The van der Waals surface area contributed by atoms with Crippen molar-refractivity contribution < 1.29 is 13.9 Å². The Balaban J connectivity index is 1.32. The minimum Gasteiger partial charge on any atom is -0.495 e. The van der Waals surface area contributed by atoms with E-state index in [4.69, 9.17) is 9.15 Å². The lowest BCUT2D eigenvalue weighted by atomic mass is 10.0. The Kier molecular flexibility index (Phi) is 4.79. The Hall–Kier alpha value is -3.47. The molecule has 1 fully saturated rings. The molecule has 1 aromatic heterocycles. The summed E-state index contributed by atoms with van der Waals surface area (Å²) >= 11 is 0. The lowest BCUT2D eigenvalue weighted by Gasteiger charge is -2.36. The molecule has 1 aliphatic rings. The molecule has 1 amide bonds. The van der Waals surface area contributed by atoms with E-state index in [0.717, 1.165) is 51.8 Å². The van der Waals surface area contributed by atoms with E-state index >= 15 is 0 Å². The Labute approximate surface area is 175 Å². The highest BCUT2D eigenvalue weighted by atomic mass is 16.5. The van der Waals surface area contributed by atoms with Gasteiger partial charge in [0.1, 0.15) is 11.3 Å². The summed E-state index contributed by atoms with van der Waals surface area (Å²) in [5, 5.41) is 3.34. The maximum Gasteiger partial charge on any atom is 0.227 e. The molecule has 5 heteroatoms. The molecule has 0 unspecified atom stereocenters. The third-order valence-corrected chi connectivity index (χ3v) is 5.94. The van der Waals surface area contributed by atoms with Gasteiger partial charge in [0.25, 0.3) is 0 Å². The van der Waals surface area contributed by atoms with Crippen molar-refractivity contribution in [2.45, 2.75) is 6.42 Å². The molecule has 0 N–H and O–H groups in total. The second-order valence-corrected chi connectivity index (χ2v) is 7.64. The number of piperazine rings is 1. The van der Waals surface area contributed by atoms with E-state index in [1.807, 2.05) is 41.3 Å². The van der Waals surface area contributed by atoms with Crippen molar-refractivity contribution >= 4 is 33.3 Å². The van der Waals surface area contributed by atoms with Gasteiger partial charge >= 0.3 is 0 Å². The van der Waals surface area contributed by atoms with Crippen LogP contribution in [-0.2, 0) is 11.2 Å². The van der Waals surface area contributed by atoms with Crippen LogP contribution in [0.4, 0.5) is 5.69 Å². The Morgan fingerprint density at radius 1 is 0.967 bits per heavy atom. The lowest BCUT2D eigenvalue weighted by Crippen LogP contribution is -2.49. The average molecular weight is 400 g/mol. The van der Waals surface area contributed by atoms with Gasteiger partial charge in [-0.3, -0.25) is 4.79 Å². The van der Waals surface area contributed by atoms with Crippen LogP contribution in [0.25, 0.3) is 21.7 Å². The topological polar surface area (TPSA) is 45.9 Å². The minimum atomic E-state index is 0.144. The standard InChI is InChI=1S/C25H24N2O3/c1-29-22-9-5-4-8-21(22)26-12-14-27(15-13-26)24(28)16-19-17-30-23-11-10-18-6-2-3-7-20(18)25(19)23/h2-11,17H,12-16H2,1H3. The number of anilines is 1. The normalized spacial score (nSPS) is 14.4. The number of hydrogen-bond acceptors (Lipinski definition) is 4. The van der Waals surface area contributed by atoms with Crippen LogP contribution in [0.3, 0.4) is 0 Å². The van der Waals surface area contributed by atoms with Gasteiger partial charge in [-0.05, 0) is 29.0 Å². The van der Waals surface area contributed by atoms with Crippen molar-refractivity contribution in [1.82, 2.24) is 4.90 Å². The second kappa shape index (κ2) is 7.75. The number of carbonyl (C=O) groups excluding carboxylic acids is 1. The van der Waals surface area contributed by atoms with Crippen molar-refractivity contribution in [3.8, 4) is 5.75 Å². The fourth-order valence-corrected chi connectivity index (χ4v) is 4.37. The van der Waals surface area contributed by atoms with Gasteiger partial charge in [-0.15, -0.1) is 0 Å². The maximum absolute atomic E-state index is 13.1. The number of nitrogens with zero attached hydrogens (tertiary/aromatic N) is 2. The van der Waals surface area contributed by atoms with E-state index < -0.39 is 0 Å². The van der Waals surface area contributed by atoms with Crippen LogP contribution in [0.2, 0.25) is 0 Å². The molecule has 30 heavy (non-hydrogen) atoms.